The van der Waals surface area contributed by atoms with E-state index in [1.165, 1.54) is 41.5 Å². The fourth-order valence-electron chi connectivity index (χ4n) is 2.44. The summed E-state index contributed by atoms with van der Waals surface area (Å²) in [4.78, 5) is 13.1. The molecule has 0 N–H and O–H groups in total. The Hall–Kier alpha value is -2.46. The van der Waals surface area contributed by atoms with E-state index < -0.39 is 16.0 Å². The number of hydrogen-bond donors (Lipinski definition) is 0. The summed E-state index contributed by atoms with van der Waals surface area (Å²) < 4.78 is 36.7. The standard InChI is InChI=1S/C14H16N4O5S/c1-22-12-4-3-10(14(19)23-2)7-13(12)24(20,21)17-8-11(9-17)18-15-5-6-16-18/h3-7,11H,8-9H2,1-2H3. The van der Waals surface area contributed by atoms with Crippen LogP contribution in [0.2, 0.25) is 0 Å². The van der Waals surface area contributed by atoms with Gasteiger partial charge in [-0.3, -0.25) is 0 Å². The van der Waals surface area contributed by atoms with Crippen molar-refractivity contribution in [3.05, 3.63) is 36.2 Å². The number of ether oxygens (including phenoxy) is 2. The van der Waals surface area contributed by atoms with E-state index >= 15 is 0 Å². The summed E-state index contributed by atoms with van der Waals surface area (Å²) in [5.41, 5.74) is 0.141. The zero-order valence-corrected chi connectivity index (χ0v) is 13.9. The smallest absolute Gasteiger partial charge is 0.337 e. The lowest BCUT2D eigenvalue weighted by atomic mass is 10.2. The molecular formula is C14H16N4O5S. The van der Waals surface area contributed by atoms with Crippen LogP contribution in [0.4, 0.5) is 0 Å². The van der Waals surface area contributed by atoms with Crippen molar-refractivity contribution in [3.8, 4) is 5.75 Å². The van der Waals surface area contributed by atoms with Crippen molar-refractivity contribution in [2.75, 3.05) is 27.3 Å². The van der Waals surface area contributed by atoms with Gasteiger partial charge in [0, 0.05) is 13.1 Å². The minimum Gasteiger partial charge on any atom is -0.495 e. The molecule has 0 amide bonds. The van der Waals surface area contributed by atoms with Crippen molar-refractivity contribution in [1.29, 1.82) is 0 Å². The van der Waals surface area contributed by atoms with E-state index in [1.54, 1.807) is 12.4 Å². The Bertz CT molecular complexity index is 844. The lowest BCUT2D eigenvalue weighted by Crippen LogP contribution is -2.51. The maximum absolute atomic E-state index is 12.8. The van der Waals surface area contributed by atoms with Gasteiger partial charge in [-0.1, -0.05) is 0 Å². The molecule has 0 saturated carbocycles. The predicted octanol–water partition coefficient (Wildman–Crippen LogP) is 0.319. The Labute approximate surface area is 138 Å². The summed E-state index contributed by atoms with van der Waals surface area (Å²) >= 11 is 0. The summed E-state index contributed by atoms with van der Waals surface area (Å²) in [7, 11) is -1.19. The summed E-state index contributed by atoms with van der Waals surface area (Å²) in [5, 5.41) is 8.02. The molecule has 0 atom stereocenters. The van der Waals surface area contributed by atoms with Gasteiger partial charge < -0.3 is 9.47 Å². The van der Waals surface area contributed by atoms with Crippen LogP contribution in [0.3, 0.4) is 0 Å². The molecule has 0 radical (unpaired) electrons. The molecule has 2 heterocycles. The Kier molecular flexibility index (Phi) is 4.24. The highest BCUT2D eigenvalue weighted by Crippen LogP contribution is 2.33. The largest absolute Gasteiger partial charge is 0.495 e. The number of esters is 1. The quantitative estimate of drug-likeness (QED) is 0.714. The normalized spacial score (nSPS) is 15.8. The van der Waals surface area contributed by atoms with Crippen LogP contribution in [-0.4, -0.2) is 61.0 Å². The first-order valence-electron chi connectivity index (χ1n) is 7.09. The van der Waals surface area contributed by atoms with Gasteiger partial charge in [0.1, 0.15) is 10.6 Å². The van der Waals surface area contributed by atoms with Crippen LogP contribution in [0.25, 0.3) is 0 Å². The van der Waals surface area contributed by atoms with Gasteiger partial charge in [-0.15, -0.1) is 0 Å². The van der Waals surface area contributed by atoms with Gasteiger partial charge >= 0.3 is 5.97 Å². The van der Waals surface area contributed by atoms with Crippen molar-refractivity contribution in [2.45, 2.75) is 10.9 Å². The van der Waals surface area contributed by atoms with Crippen LogP contribution >= 0.6 is 0 Å². The highest BCUT2D eigenvalue weighted by atomic mass is 32.2. The first kappa shape index (κ1) is 16.4. The number of carbonyl (C=O) groups excluding carboxylic acids is 1. The molecule has 0 unspecified atom stereocenters. The molecule has 1 fully saturated rings. The Morgan fingerprint density at radius 3 is 2.46 bits per heavy atom. The molecular weight excluding hydrogens is 336 g/mol. The van der Waals surface area contributed by atoms with Crippen LogP contribution in [0.5, 0.6) is 5.75 Å². The van der Waals surface area contributed by atoms with Crippen LogP contribution in [0, 0.1) is 0 Å². The van der Waals surface area contributed by atoms with E-state index in [0.717, 1.165) is 0 Å². The minimum atomic E-state index is -3.80. The second-order valence-electron chi connectivity index (χ2n) is 5.18. The number of benzene rings is 1. The SMILES string of the molecule is COC(=O)c1ccc(OC)c(S(=O)(=O)N2CC(n3nccn3)C2)c1. The highest BCUT2D eigenvalue weighted by Gasteiger charge is 2.40. The second-order valence-corrected chi connectivity index (χ2v) is 7.09. The van der Waals surface area contributed by atoms with Gasteiger partial charge in [0.15, 0.2) is 0 Å². The van der Waals surface area contributed by atoms with Crippen molar-refractivity contribution >= 4 is 16.0 Å². The molecule has 10 heteroatoms. The monoisotopic (exact) mass is 352 g/mol. The lowest BCUT2D eigenvalue weighted by Gasteiger charge is -2.37. The average molecular weight is 352 g/mol. The maximum Gasteiger partial charge on any atom is 0.337 e. The summed E-state index contributed by atoms with van der Waals surface area (Å²) in [6.45, 7) is 0.505. The van der Waals surface area contributed by atoms with E-state index in [9.17, 15) is 13.2 Å². The molecule has 3 rings (SSSR count). The fourth-order valence-corrected chi connectivity index (χ4v) is 4.13. The highest BCUT2D eigenvalue weighted by molar-refractivity contribution is 7.89. The van der Waals surface area contributed by atoms with Crippen molar-refractivity contribution in [2.24, 2.45) is 0 Å². The van der Waals surface area contributed by atoms with Crippen molar-refractivity contribution in [3.63, 3.8) is 0 Å². The zero-order chi connectivity index (χ0) is 17.3. The van der Waals surface area contributed by atoms with Crippen molar-refractivity contribution in [1.82, 2.24) is 19.3 Å². The number of sulfonamides is 1. The molecule has 9 nitrogen and oxygen atoms in total. The second kappa shape index (κ2) is 6.21. The number of nitrogens with zero attached hydrogens (tertiary/aromatic N) is 4. The molecule has 1 saturated heterocycles. The lowest BCUT2D eigenvalue weighted by molar-refractivity contribution is 0.0600. The Morgan fingerprint density at radius 1 is 1.21 bits per heavy atom. The Balaban J connectivity index is 1.88. The van der Waals surface area contributed by atoms with Crippen molar-refractivity contribution < 1.29 is 22.7 Å². The van der Waals surface area contributed by atoms with Crippen LogP contribution in [-0.2, 0) is 14.8 Å². The molecule has 0 aliphatic carbocycles. The van der Waals surface area contributed by atoms with Crippen LogP contribution in [0.15, 0.2) is 35.5 Å². The van der Waals surface area contributed by atoms with Gasteiger partial charge in [-0.05, 0) is 18.2 Å². The van der Waals surface area contributed by atoms with Gasteiger partial charge in [0.2, 0.25) is 10.0 Å². The fraction of sp³-hybridized carbons (Fsp3) is 0.357. The first-order chi connectivity index (χ1) is 11.5. The van der Waals surface area contributed by atoms with Crippen LogP contribution in [0.1, 0.15) is 16.4 Å². The van der Waals surface area contributed by atoms with E-state index in [4.69, 9.17) is 4.74 Å². The van der Waals surface area contributed by atoms with Gasteiger partial charge in [-0.2, -0.15) is 19.3 Å². The minimum absolute atomic E-state index is 0.0697. The number of methoxy groups -OCH3 is 2. The summed E-state index contributed by atoms with van der Waals surface area (Å²) in [5.74, 6) is -0.445. The third-order valence-electron chi connectivity index (χ3n) is 3.79. The molecule has 1 aromatic heterocycles. The van der Waals surface area contributed by atoms with E-state index in [2.05, 4.69) is 14.9 Å². The van der Waals surface area contributed by atoms with E-state index in [1.807, 2.05) is 0 Å². The van der Waals surface area contributed by atoms with Gasteiger partial charge in [-0.25, -0.2) is 13.2 Å². The number of hydrogen-bond acceptors (Lipinski definition) is 7. The zero-order valence-electron chi connectivity index (χ0n) is 13.1. The predicted molar refractivity (Wildman–Crippen MR) is 82.2 cm³/mol. The topological polar surface area (TPSA) is 104 Å². The first-order valence-corrected chi connectivity index (χ1v) is 8.53. The molecule has 128 valence electrons. The number of carbonyl (C=O) groups is 1. The summed E-state index contributed by atoms with van der Waals surface area (Å²) in [6.07, 6.45) is 3.08. The molecule has 0 spiro atoms. The van der Waals surface area contributed by atoms with E-state index in [-0.39, 0.29) is 35.3 Å². The van der Waals surface area contributed by atoms with E-state index in [0.29, 0.717) is 0 Å². The molecule has 0 bridgehead atoms. The van der Waals surface area contributed by atoms with Gasteiger partial charge in [0.05, 0.1) is 38.2 Å². The molecule has 24 heavy (non-hydrogen) atoms. The molecule has 2 aromatic rings. The summed E-state index contributed by atoms with van der Waals surface area (Å²) in [6, 6.07) is 4.05. The third-order valence-corrected chi connectivity index (χ3v) is 5.65. The molecule has 1 aromatic carbocycles. The molecule has 1 aliphatic heterocycles. The molecule has 1 aliphatic rings. The van der Waals surface area contributed by atoms with Crippen LogP contribution < -0.4 is 4.74 Å². The average Bonchev–Trinajstić information content (AvgIpc) is 3.05. The number of rotatable bonds is 5. The number of aromatic nitrogens is 3. The maximum atomic E-state index is 12.8. The Morgan fingerprint density at radius 2 is 1.88 bits per heavy atom. The van der Waals surface area contributed by atoms with Gasteiger partial charge in [0.25, 0.3) is 0 Å². The third kappa shape index (κ3) is 2.74.